The molecule has 72 valence electrons. The number of carbonyl (C=O) groups is 1. The van der Waals surface area contributed by atoms with Crippen LogP contribution >= 0.6 is 0 Å². The number of hydrogen-bond acceptors (Lipinski definition) is 3. The highest BCUT2D eigenvalue weighted by Crippen LogP contribution is 2.15. The van der Waals surface area contributed by atoms with Crippen LogP contribution in [0.2, 0.25) is 0 Å². The fourth-order valence-corrected chi connectivity index (χ4v) is 0.963. The van der Waals surface area contributed by atoms with Gasteiger partial charge in [0.05, 0.1) is 5.56 Å². The van der Waals surface area contributed by atoms with Gasteiger partial charge in [0.2, 0.25) is 0 Å². The second-order valence-electron chi connectivity index (χ2n) is 2.73. The molecule has 3 N–H and O–H groups in total. The van der Waals surface area contributed by atoms with Gasteiger partial charge in [0.25, 0.3) is 0 Å². The number of nitrogens with two attached hydrogens (primary N) is 1. The van der Waals surface area contributed by atoms with Crippen LogP contribution in [-0.2, 0) is 0 Å². The molecule has 0 heterocycles. The zero-order chi connectivity index (χ0) is 10.4. The number of rotatable bonds is 2. The molecule has 0 aliphatic heterocycles. The van der Waals surface area contributed by atoms with E-state index < -0.39 is 0 Å². The van der Waals surface area contributed by atoms with Crippen molar-refractivity contribution >= 4 is 6.29 Å². The minimum Gasteiger partial charge on any atom is -0.507 e. The molecule has 0 saturated carbocycles. The molecule has 0 saturated heterocycles. The lowest BCUT2D eigenvalue weighted by atomic mass is 10.1. The normalized spacial score (nSPS) is 8.93. The molecule has 0 amide bonds. The SMILES string of the molecule is NCCC#Cc1ccc(O)c(C=O)c1. The maximum atomic E-state index is 10.5. The van der Waals surface area contributed by atoms with Crippen LogP contribution in [0.25, 0.3) is 0 Å². The minimum atomic E-state index is -0.0237. The van der Waals surface area contributed by atoms with E-state index in [0.717, 1.165) is 0 Å². The van der Waals surface area contributed by atoms with Crippen molar-refractivity contribution in [2.24, 2.45) is 5.73 Å². The number of aromatic hydroxyl groups is 1. The highest BCUT2D eigenvalue weighted by molar-refractivity contribution is 5.79. The average molecular weight is 189 g/mol. The summed E-state index contributed by atoms with van der Waals surface area (Å²) in [5.74, 6) is 5.67. The van der Waals surface area contributed by atoms with Gasteiger partial charge in [0, 0.05) is 18.5 Å². The zero-order valence-corrected chi connectivity index (χ0v) is 7.66. The molecule has 0 unspecified atom stereocenters. The van der Waals surface area contributed by atoms with Gasteiger partial charge in [-0.1, -0.05) is 11.8 Å². The lowest BCUT2D eigenvalue weighted by Crippen LogP contribution is -1.95. The van der Waals surface area contributed by atoms with Crippen molar-refractivity contribution in [1.29, 1.82) is 0 Å². The van der Waals surface area contributed by atoms with Crippen molar-refractivity contribution in [2.45, 2.75) is 6.42 Å². The lowest BCUT2D eigenvalue weighted by molar-refractivity contribution is 0.112. The largest absolute Gasteiger partial charge is 0.507 e. The zero-order valence-electron chi connectivity index (χ0n) is 7.66. The maximum Gasteiger partial charge on any atom is 0.153 e. The lowest BCUT2D eigenvalue weighted by Gasteiger charge is -1.96. The Morgan fingerprint density at radius 2 is 2.29 bits per heavy atom. The van der Waals surface area contributed by atoms with Gasteiger partial charge in [0.1, 0.15) is 5.75 Å². The molecular formula is C11H11NO2. The molecule has 0 aromatic heterocycles. The Bertz CT molecular complexity index is 388. The summed E-state index contributed by atoms with van der Waals surface area (Å²) in [6, 6.07) is 4.66. The average Bonchev–Trinajstić information content (AvgIpc) is 2.21. The van der Waals surface area contributed by atoms with E-state index in [-0.39, 0.29) is 11.3 Å². The van der Waals surface area contributed by atoms with Crippen LogP contribution in [0.4, 0.5) is 0 Å². The number of aldehydes is 1. The summed E-state index contributed by atoms with van der Waals surface area (Å²) in [4.78, 5) is 10.5. The highest BCUT2D eigenvalue weighted by atomic mass is 16.3. The van der Waals surface area contributed by atoms with Crippen molar-refractivity contribution < 1.29 is 9.90 Å². The van der Waals surface area contributed by atoms with Gasteiger partial charge < -0.3 is 10.8 Å². The van der Waals surface area contributed by atoms with E-state index in [4.69, 9.17) is 5.73 Å². The topological polar surface area (TPSA) is 63.3 Å². The first-order chi connectivity index (χ1) is 6.77. The standard InChI is InChI=1S/C11H11NO2/c12-6-2-1-3-9-4-5-11(14)10(7-9)8-13/h4-5,7-8,14H,2,6,12H2. The number of hydrogen-bond donors (Lipinski definition) is 2. The molecule has 0 atom stereocenters. The van der Waals surface area contributed by atoms with Crippen LogP contribution in [0.15, 0.2) is 18.2 Å². The van der Waals surface area contributed by atoms with Gasteiger partial charge in [-0.2, -0.15) is 0 Å². The number of benzene rings is 1. The number of phenolic OH excluding ortho intramolecular Hbond substituents is 1. The van der Waals surface area contributed by atoms with Crippen molar-refractivity contribution in [3.63, 3.8) is 0 Å². The Balaban J connectivity index is 2.91. The third kappa shape index (κ3) is 2.61. The second-order valence-corrected chi connectivity index (χ2v) is 2.73. The third-order valence-electron chi connectivity index (χ3n) is 1.66. The molecule has 0 aliphatic carbocycles. The minimum absolute atomic E-state index is 0.0237. The Hall–Kier alpha value is -1.79. The van der Waals surface area contributed by atoms with Crippen LogP contribution in [0.3, 0.4) is 0 Å². The molecule has 3 nitrogen and oxygen atoms in total. The predicted molar refractivity (Wildman–Crippen MR) is 54.0 cm³/mol. The summed E-state index contributed by atoms with van der Waals surface area (Å²) in [5, 5.41) is 9.21. The number of phenols is 1. The monoisotopic (exact) mass is 189 g/mol. The van der Waals surface area contributed by atoms with Gasteiger partial charge in [-0.3, -0.25) is 4.79 Å². The molecule has 1 rings (SSSR count). The first-order valence-corrected chi connectivity index (χ1v) is 4.25. The van der Waals surface area contributed by atoms with Crippen LogP contribution in [0.1, 0.15) is 22.3 Å². The van der Waals surface area contributed by atoms with Crippen molar-refractivity contribution in [2.75, 3.05) is 6.54 Å². The van der Waals surface area contributed by atoms with E-state index in [1.54, 1.807) is 12.1 Å². The van der Waals surface area contributed by atoms with Crippen LogP contribution in [0.5, 0.6) is 5.75 Å². The predicted octanol–water partition coefficient (Wildman–Crippen LogP) is 0.905. The van der Waals surface area contributed by atoms with Gasteiger partial charge in [-0.25, -0.2) is 0 Å². The molecule has 0 aliphatic rings. The fraction of sp³-hybridized carbons (Fsp3) is 0.182. The fourth-order valence-electron chi connectivity index (χ4n) is 0.963. The molecule has 1 aromatic carbocycles. The summed E-state index contributed by atoms with van der Waals surface area (Å²) in [6.07, 6.45) is 1.22. The summed E-state index contributed by atoms with van der Waals surface area (Å²) >= 11 is 0. The highest BCUT2D eigenvalue weighted by Gasteiger charge is 1.98. The Kier molecular flexibility index (Phi) is 3.71. The summed E-state index contributed by atoms with van der Waals surface area (Å²) in [6.45, 7) is 0.519. The molecule has 3 heteroatoms. The van der Waals surface area contributed by atoms with Crippen molar-refractivity contribution in [3.05, 3.63) is 29.3 Å². The molecule has 1 aromatic rings. The van der Waals surface area contributed by atoms with E-state index in [0.29, 0.717) is 24.8 Å². The van der Waals surface area contributed by atoms with Crippen LogP contribution < -0.4 is 5.73 Å². The van der Waals surface area contributed by atoms with Gasteiger partial charge in [-0.05, 0) is 18.2 Å². The molecule has 0 bridgehead atoms. The Labute approximate surface area is 82.6 Å². The van der Waals surface area contributed by atoms with Gasteiger partial charge in [0.15, 0.2) is 6.29 Å². The van der Waals surface area contributed by atoms with Crippen molar-refractivity contribution in [1.82, 2.24) is 0 Å². The molecular weight excluding hydrogens is 178 g/mol. The first-order valence-electron chi connectivity index (χ1n) is 4.25. The van der Waals surface area contributed by atoms with E-state index in [1.807, 2.05) is 0 Å². The van der Waals surface area contributed by atoms with Crippen LogP contribution in [-0.4, -0.2) is 17.9 Å². The summed E-state index contributed by atoms with van der Waals surface area (Å²) < 4.78 is 0. The third-order valence-corrected chi connectivity index (χ3v) is 1.66. The summed E-state index contributed by atoms with van der Waals surface area (Å²) in [5.41, 5.74) is 6.24. The van der Waals surface area contributed by atoms with E-state index in [9.17, 15) is 9.90 Å². The van der Waals surface area contributed by atoms with Gasteiger partial charge >= 0.3 is 0 Å². The molecule has 0 radical (unpaired) electrons. The van der Waals surface area contributed by atoms with Crippen LogP contribution in [0, 0.1) is 11.8 Å². The Morgan fingerprint density at radius 3 is 2.93 bits per heavy atom. The number of carbonyl (C=O) groups excluding carboxylic acids is 1. The van der Waals surface area contributed by atoms with Crippen molar-refractivity contribution in [3.8, 4) is 17.6 Å². The van der Waals surface area contributed by atoms with E-state index in [2.05, 4.69) is 11.8 Å². The van der Waals surface area contributed by atoms with E-state index in [1.165, 1.54) is 6.07 Å². The molecule has 0 fully saturated rings. The second kappa shape index (κ2) is 5.05. The molecule has 14 heavy (non-hydrogen) atoms. The Morgan fingerprint density at radius 1 is 1.50 bits per heavy atom. The smallest absolute Gasteiger partial charge is 0.153 e. The maximum absolute atomic E-state index is 10.5. The van der Waals surface area contributed by atoms with E-state index >= 15 is 0 Å². The van der Waals surface area contributed by atoms with Gasteiger partial charge in [-0.15, -0.1) is 0 Å². The molecule has 0 spiro atoms. The summed E-state index contributed by atoms with van der Waals surface area (Å²) in [7, 11) is 0. The quantitative estimate of drug-likeness (QED) is 0.536. The first kappa shape index (κ1) is 10.3.